The Morgan fingerprint density at radius 3 is 2.19 bits per heavy atom. The van der Waals surface area contributed by atoms with Crippen LogP contribution in [0.15, 0.2) is 54.6 Å². The predicted octanol–water partition coefficient (Wildman–Crippen LogP) is 4.13. The van der Waals surface area contributed by atoms with Crippen molar-refractivity contribution < 1.29 is 34.6 Å². The molecule has 3 aromatic rings. The Morgan fingerprint density at radius 2 is 1.56 bits per heavy atom. The first kappa shape index (κ1) is 21.8. The van der Waals surface area contributed by atoms with E-state index in [2.05, 4.69) is 0 Å². The van der Waals surface area contributed by atoms with Crippen LogP contribution < -0.4 is 4.74 Å². The van der Waals surface area contributed by atoms with Crippen LogP contribution in [0.25, 0.3) is 11.1 Å². The molecule has 0 bridgehead atoms. The zero-order valence-corrected chi connectivity index (χ0v) is 17.9. The molecule has 0 aliphatic carbocycles. The van der Waals surface area contributed by atoms with Crippen LogP contribution in [0.2, 0.25) is 0 Å². The monoisotopic (exact) mass is 438 g/mol. The SMILES string of the molecule is COc1c(O)ccc(C[C@H]2CO[C@@H](OC)[C@@H]2c2cc(O)cc(O)c2)c1-c1ccc(O)cc1. The lowest BCUT2D eigenvalue weighted by atomic mass is 9.82. The first-order chi connectivity index (χ1) is 15.4. The molecule has 3 aromatic carbocycles. The summed E-state index contributed by atoms with van der Waals surface area (Å²) in [6.45, 7) is 0.414. The van der Waals surface area contributed by atoms with Crippen LogP contribution in [0.5, 0.6) is 28.7 Å². The minimum Gasteiger partial charge on any atom is -0.508 e. The Morgan fingerprint density at radius 1 is 0.875 bits per heavy atom. The molecule has 0 amide bonds. The summed E-state index contributed by atoms with van der Waals surface area (Å²) in [6.07, 6.45) is 0.0330. The molecule has 1 saturated heterocycles. The van der Waals surface area contributed by atoms with E-state index in [1.807, 2.05) is 6.07 Å². The fourth-order valence-corrected chi connectivity index (χ4v) is 4.50. The van der Waals surface area contributed by atoms with Crippen LogP contribution in [0.1, 0.15) is 17.0 Å². The third-order valence-corrected chi connectivity index (χ3v) is 5.88. The van der Waals surface area contributed by atoms with Gasteiger partial charge in [-0.2, -0.15) is 0 Å². The van der Waals surface area contributed by atoms with Gasteiger partial charge in [0, 0.05) is 24.7 Å². The summed E-state index contributed by atoms with van der Waals surface area (Å²) in [6, 6.07) is 14.6. The van der Waals surface area contributed by atoms with Crippen LogP contribution in [-0.2, 0) is 15.9 Å². The zero-order valence-electron chi connectivity index (χ0n) is 17.9. The minimum atomic E-state index is -0.530. The lowest BCUT2D eigenvalue weighted by Crippen LogP contribution is -2.21. The number of aromatic hydroxyl groups is 4. The summed E-state index contributed by atoms with van der Waals surface area (Å²) < 4.78 is 16.9. The van der Waals surface area contributed by atoms with E-state index < -0.39 is 6.29 Å². The highest BCUT2D eigenvalue weighted by molar-refractivity contribution is 5.77. The molecule has 1 fully saturated rings. The molecule has 7 nitrogen and oxygen atoms in total. The molecule has 168 valence electrons. The van der Waals surface area contributed by atoms with Crippen molar-refractivity contribution in [2.75, 3.05) is 20.8 Å². The van der Waals surface area contributed by atoms with E-state index in [1.165, 1.54) is 13.2 Å². The van der Waals surface area contributed by atoms with E-state index in [0.717, 1.165) is 16.7 Å². The average Bonchev–Trinajstić information content (AvgIpc) is 3.17. The Balaban J connectivity index is 1.76. The Bertz CT molecular complexity index is 1070. The third-order valence-electron chi connectivity index (χ3n) is 5.88. The van der Waals surface area contributed by atoms with Crippen molar-refractivity contribution in [3.63, 3.8) is 0 Å². The van der Waals surface area contributed by atoms with Crippen LogP contribution >= 0.6 is 0 Å². The second-order valence-electron chi connectivity index (χ2n) is 7.91. The number of methoxy groups -OCH3 is 2. The van der Waals surface area contributed by atoms with Gasteiger partial charge in [0.1, 0.15) is 17.2 Å². The van der Waals surface area contributed by atoms with E-state index in [0.29, 0.717) is 24.3 Å². The number of hydrogen-bond acceptors (Lipinski definition) is 7. The fraction of sp³-hybridized carbons (Fsp3) is 0.280. The van der Waals surface area contributed by atoms with Crippen molar-refractivity contribution in [1.82, 2.24) is 0 Å². The highest BCUT2D eigenvalue weighted by Crippen LogP contribution is 2.45. The number of hydrogen-bond donors (Lipinski definition) is 4. The van der Waals surface area contributed by atoms with Gasteiger partial charge < -0.3 is 34.6 Å². The number of ether oxygens (including phenoxy) is 3. The molecule has 32 heavy (non-hydrogen) atoms. The van der Waals surface area contributed by atoms with Gasteiger partial charge >= 0.3 is 0 Å². The van der Waals surface area contributed by atoms with Crippen molar-refractivity contribution in [2.24, 2.45) is 5.92 Å². The highest BCUT2D eigenvalue weighted by Gasteiger charge is 2.39. The minimum absolute atomic E-state index is 0.0196. The van der Waals surface area contributed by atoms with Gasteiger partial charge in [-0.3, -0.25) is 0 Å². The number of rotatable bonds is 6. The molecule has 4 N–H and O–H groups in total. The molecule has 1 heterocycles. The fourth-order valence-electron chi connectivity index (χ4n) is 4.50. The van der Waals surface area contributed by atoms with Crippen molar-refractivity contribution in [3.8, 4) is 39.9 Å². The predicted molar refractivity (Wildman–Crippen MR) is 118 cm³/mol. The van der Waals surface area contributed by atoms with Crippen molar-refractivity contribution in [3.05, 3.63) is 65.7 Å². The topological polar surface area (TPSA) is 109 Å². The van der Waals surface area contributed by atoms with Gasteiger partial charge in [0.25, 0.3) is 0 Å². The van der Waals surface area contributed by atoms with Gasteiger partial charge in [-0.25, -0.2) is 0 Å². The van der Waals surface area contributed by atoms with Crippen LogP contribution in [0.4, 0.5) is 0 Å². The maximum atomic E-state index is 10.4. The average molecular weight is 438 g/mol. The molecule has 4 rings (SSSR count). The molecule has 1 aliphatic rings. The molecule has 0 spiro atoms. The van der Waals surface area contributed by atoms with Gasteiger partial charge in [0.05, 0.1) is 13.7 Å². The lowest BCUT2D eigenvalue weighted by Gasteiger charge is -2.24. The molecular weight excluding hydrogens is 412 g/mol. The summed E-state index contributed by atoms with van der Waals surface area (Å²) in [5.74, 6) is 0.184. The molecule has 3 atom stereocenters. The Kier molecular flexibility index (Phi) is 6.12. The van der Waals surface area contributed by atoms with E-state index in [4.69, 9.17) is 14.2 Å². The van der Waals surface area contributed by atoms with Gasteiger partial charge in [-0.1, -0.05) is 18.2 Å². The van der Waals surface area contributed by atoms with Gasteiger partial charge in [-0.15, -0.1) is 0 Å². The van der Waals surface area contributed by atoms with Crippen molar-refractivity contribution >= 4 is 0 Å². The second kappa shape index (κ2) is 8.98. The van der Waals surface area contributed by atoms with E-state index in [-0.39, 0.29) is 34.8 Å². The second-order valence-corrected chi connectivity index (χ2v) is 7.91. The largest absolute Gasteiger partial charge is 0.508 e. The maximum Gasteiger partial charge on any atom is 0.168 e. The van der Waals surface area contributed by atoms with E-state index in [9.17, 15) is 20.4 Å². The van der Waals surface area contributed by atoms with E-state index >= 15 is 0 Å². The lowest BCUT2D eigenvalue weighted by molar-refractivity contribution is -0.0963. The molecule has 0 saturated carbocycles. The van der Waals surface area contributed by atoms with Crippen LogP contribution in [-0.4, -0.2) is 47.5 Å². The van der Waals surface area contributed by atoms with Crippen LogP contribution in [0, 0.1) is 5.92 Å². The van der Waals surface area contributed by atoms with Crippen molar-refractivity contribution in [2.45, 2.75) is 18.6 Å². The van der Waals surface area contributed by atoms with Gasteiger partial charge in [0.2, 0.25) is 0 Å². The Hall–Kier alpha value is -3.42. The summed E-state index contributed by atoms with van der Waals surface area (Å²) in [4.78, 5) is 0. The maximum absolute atomic E-state index is 10.4. The van der Waals surface area contributed by atoms with Gasteiger partial charge in [-0.05, 0) is 59.4 Å². The van der Waals surface area contributed by atoms with Crippen molar-refractivity contribution in [1.29, 1.82) is 0 Å². The summed E-state index contributed by atoms with van der Waals surface area (Å²) in [5, 5.41) is 40.1. The standard InChI is InChI=1S/C25H26O7/c1-30-24-21(29)8-5-15(22(24)14-3-6-18(26)7-4-14)9-17-13-32-25(31-2)23(17)16-10-19(27)12-20(28)11-16/h3-8,10-12,17,23,25-29H,9,13H2,1-2H3/t17-,23+,25+/m0/s1. The third kappa shape index (κ3) is 4.17. The number of phenols is 4. The molecule has 7 heteroatoms. The molecule has 0 radical (unpaired) electrons. The summed E-state index contributed by atoms with van der Waals surface area (Å²) in [7, 11) is 3.06. The Labute approximate surface area is 186 Å². The molecule has 1 aliphatic heterocycles. The first-order valence-corrected chi connectivity index (χ1v) is 10.3. The normalized spacial score (nSPS) is 20.4. The summed E-state index contributed by atoms with van der Waals surface area (Å²) >= 11 is 0. The number of phenolic OH excluding ortho intramolecular Hbond substituents is 4. The smallest absolute Gasteiger partial charge is 0.168 e. The summed E-state index contributed by atoms with van der Waals surface area (Å²) in [5.41, 5.74) is 3.16. The number of benzene rings is 3. The quantitative estimate of drug-likeness (QED) is 0.458. The van der Waals surface area contributed by atoms with E-state index in [1.54, 1.807) is 49.6 Å². The zero-order chi connectivity index (χ0) is 22.8. The molecular formula is C25H26O7. The molecule has 0 aromatic heterocycles. The highest BCUT2D eigenvalue weighted by atomic mass is 16.7. The first-order valence-electron chi connectivity index (χ1n) is 10.3. The van der Waals surface area contributed by atoms with Gasteiger partial charge in [0.15, 0.2) is 17.8 Å². The van der Waals surface area contributed by atoms with Crippen LogP contribution in [0.3, 0.4) is 0 Å². The molecule has 0 unspecified atom stereocenters.